The van der Waals surface area contributed by atoms with Gasteiger partial charge in [0.15, 0.2) is 23.2 Å². The Morgan fingerprint density at radius 1 is 1.13 bits per heavy atom. The molecule has 0 aromatic heterocycles. The lowest BCUT2D eigenvalue weighted by atomic mass is 10.0. The molecule has 2 aromatic carbocycles. The first-order valence-corrected chi connectivity index (χ1v) is 9.75. The molecule has 0 bridgehead atoms. The molecule has 3 N–H and O–H groups in total. The lowest BCUT2D eigenvalue weighted by Crippen LogP contribution is -2.43. The predicted molar refractivity (Wildman–Crippen MR) is 112 cm³/mol. The number of halogens is 2. The molecule has 8 heteroatoms. The number of hydrogen-bond acceptors (Lipinski definition) is 5. The predicted octanol–water partition coefficient (Wildman–Crippen LogP) is 2.97. The molecule has 31 heavy (non-hydrogen) atoms. The molecule has 1 unspecified atom stereocenters. The second-order valence-electron chi connectivity index (χ2n) is 6.92. The lowest BCUT2D eigenvalue weighted by molar-refractivity contribution is -0.123. The van der Waals surface area contributed by atoms with Crippen LogP contribution in [0.2, 0.25) is 0 Å². The summed E-state index contributed by atoms with van der Waals surface area (Å²) >= 11 is 0. The Kier molecular flexibility index (Phi) is 7.61. The van der Waals surface area contributed by atoms with Gasteiger partial charge in [-0.3, -0.25) is 14.4 Å². The zero-order valence-electron chi connectivity index (χ0n) is 19.8. The van der Waals surface area contributed by atoms with Gasteiger partial charge in [0.2, 0.25) is 0 Å². The summed E-state index contributed by atoms with van der Waals surface area (Å²) < 4.78 is 54.1. The molecule has 2 rings (SSSR count). The van der Waals surface area contributed by atoms with Crippen LogP contribution in [0.4, 0.5) is 8.78 Å². The van der Waals surface area contributed by atoms with Gasteiger partial charge in [-0.25, -0.2) is 8.78 Å². The van der Waals surface area contributed by atoms with E-state index in [1.54, 1.807) is 0 Å². The van der Waals surface area contributed by atoms with E-state index in [4.69, 9.17) is 14.6 Å². The fourth-order valence-corrected chi connectivity index (χ4v) is 2.92. The van der Waals surface area contributed by atoms with Gasteiger partial charge in [-0.05, 0) is 62.5 Å². The fourth-order valence-electron chi connectivity index (χ4n) is 2.92. The summed E-state index contributed by atoms with van der Waals surface area (Å²) in [5.41, 5.74) is 5.94. The monoisotopic (exact) mass is 435 g/mol. The average molecular weight is 435 g/mol. The van der Waals surface area contributed by atoms with E-state index in [-0.39, 0.29) is 18.4 Å². The summed E-state index contributed by atoms with van der Waals surface area (Å²) in [5, 5.41) is 2.58. The van der Waals surface area contributed by atoms with Crippen molar-refractivity contribution < 1.29 is 32.0 Å². The van der Waals surface area contributed by atoms with E-state index in [1.165, 1.54) is 24.3 Å². The summed E-state index contributed by atoms with van der Waals surface area (Å²) in [6.45, 7) is -3.04. The van der Waals surface area contributed by atoms with Crippen molar-refractivity contribution in [3.8, 4) is 5.75 Å². The molecule has 2 aromatic rings. The molecule has 0 aliphatic carbocycles. The van der Waals surface area contributed by atoms with Gasteiger partial charge in [0.05, 0.1) is 6.04 Å². The van der Waals surface area contributed by atoms with Crippen LogP contribution in [0.25, 0.3) is 0 Å². The third-order valence-electron chi connectivity index (χ3n) is 4.47. The van der Waals surface area contributed by atoms with Crippen LogP contribution in [0.3, 0.4) is 0 Å². The molecule has 1 amide bonds. The maximum Gasteiger partial charge on any atom is 0.251 e. The zero-order chi connectivity index (χ0) is 25.3. The van der Waals surface area contributed by atoms with Gasteiger partial charge in [-0.1, -0.05) is 18.2 Å². The number of ketones is 2. The highest BCUT2D eigenvalue weighted by molar-refractivity contribution is 5.98. The van der Waals surface area contributed by atoms with Gasteiger partial charge < -0.3 is 15.8 Å². The van der Waals surface area contributed by atoms with Crippen LogP contribution in [0.5, 0.6) is 5.75 Å². The molecule has 0 fully saturated rings. The third-order valence-corrected chi connectivity index (χ3v) is 4.47. The first-order chi connectivity index (χ1) is 16.0. The van der Waals surface area contributed by atoms with E-state index in [2.05, 4.69) is 5.32 Å². The Balaban J connectivity index is 2.11. The minimum Gasteiger partial charge on any atom is -0.480 e. The van der Waals surface area contributed by atoms with Crippen LogP contribution in [-0.4, -0.2) is 36.7 Å². The Morgan fingerprint density at radius 2 is 1.84 bits per heavy atom. The summed E-state index contributed by atoms with van der Waals surface area (Å²) in [5.74, 6) is -4.79. The number of benzene rings is 2. The number of hydrogen-bond donors (Lipinski definition) is 2. The van der Waals surface area contributed by atoms with Crippen molar-refractivity contribution in [3.63, 3.8) is 0 Å². The number of Topliss-reactive ketones (excluding diaryl/α,β-unsaturated/α-hetero) is 2. The molecule has 0 saturated heterocycles. The number of carbonyl (C=O) groups excluding carboxylic acids is 3. The van der Waals surface area contributed by atoms with Gasteiger partial charge in [0.25, 0.3) is 5.91 Å². The van der Waals surface area contributed by atoms with Crippen LogP contribution in [0.1, 0.15) is 46.1 Å². The molecule has 0 radical (unpaired) electrons. The van der Waals surface area contributed by atoms with Crippen molar-refractivity contribution >= 4 is 17.5 Å². The maximum absolute atomic E-state index is 13.8. The van der Waals surface area contributed by atoms with Crippen molar-refractivity contribution in [2.24, 2.45) is 5.73 Å². The largest absolute Gasteiger partial charge is 0.480 e. The lowest BCUT2D eigenvalue weighted by Gasteiger charge is -2.18. The summed E-state index contributed by atoms with van der Waals surface area (Å²) in [6.07, 6.45) is 0.949. The van der Waals surface area contributed by atoms with Crippen LogP contribution in [0, 0.1) is 11.6 Å². The molecule has 0 aliphatic heterocycles. The van der Waals surface area contributed by atoms with E-state index in [0.29, 0.717) is 24.9 Å². The number of ether oxygens (including phenoxy) is 1. The molecule has 166 valence electrons. The number of nitrogens with two attached hydrogens (primary N) is 1. The Bertz CT molecular complexity index is 1010. The second-order valence-corrected chi connectivity index (χ2v) is 6.92. The molecular weight excluding hydrogens is 406 g/mol. The molecule has 1 atom stereocenters. The fraction of sp³-hybridized carbons (Fsp3) is 0.348. The van der Waals surface area contributed by atoms with Crippen molar-refractivity contribution in [2.45, 2.75) is 38.6 Å². The van der Waals surface area contributed by atoms with Crippen molar-refractivity contribution in [1.82, 2.24) is 5.32 Å². The van der Waals surface area contributed by atoms with Crippen LogP contribution in [-0.2, 0) is 16.0 Å². The molecule has 0 saturated carbocycles. The highest BCUT2D eigenvalue weighted by atomic mass is 19.1. The number of nitrogens with one attached hydrogen (secondary N) is 1. The minimum atomic E-state index is -2.75. The van der Waals surface area contributed by atoms with E-state index in [0.717, 1.165) is 18.2 Å². The van der Waals surface area contributed by atoms with E-state index in [9.17, 15) is 23.2 Å². The van der Waals surface area contributed by atoms with Crippen LogP contribution >= 0.6 is 0 Å². The minimum absolute atomic E-state index is 0.119. The van der Waals surface area contributed by atoms with Gasteiger partial charge in [0.1, 0.15) is 12.4 Å². The first-order valence-electron chi connectivity index (χ1n) is 11.3. The third kappa shape index (κ3) is 7.57. The quantitative estimate of drug-likeness (QED) is 0.500. The summed E-state index contributed by atoms with van der Waals surface area (Å²) in [6, 6.07) is 7.96. The van der Waals surface area contributed by atoms with E-state index >= 15 is 0 Å². The number of amides is 1. The van der Waals surface area contributed by atoms with Crippen LogP contribution in [0.15, 0.2) is 42.5 Å². The SMILES string of the molecule is [2H]C([2H])([2H])C(=O)Cc1cccc(C(=O)NC(CCCCN)C(=O)COc2c(F)cccc2F)c1. The average Bonchev–Trinajstić information content (AvgIpc) is 2.77. The van der Waals surface area contributed by atoms with Gasteiger partial charge in [-0.2, -0.15) is 0 Å². The standard InChI is InChI=1S/C23H26F2N2O4/c1-15(28)12-16-6-4-7-17(13-16)23(30)27-20(10-2-3-11-26)21(29)14-31-22-18(24)8-5-9-19(22)25/h4-9,13,20H,2-3,10-12,14,26H2,1H3,(H,27,30)/i1D3. The van der Waals surface area contributed by atoms with Crippen molar-refractivity contribution in [3.05, 3.63) is 65.2 Å². The zero-order valence-corrected chi connectivity index (χ0v) is 16.8. The Morgan fingerprint density at radius 3 is 2.52 bits per heavy atom. The molecule has 0 heterocycles. The van der Waals surface area contributed by atoms with E-state index in [1.807, 2.05) is 0 Å². The summed E-state index contributed by atoms with van der Waals surface area (Å²) in [7, 11) is 0. The maximum atomic E-state index is 13.8. The highest BCUT2D eigenvalue weighted by Gasteiger charge is 2.23. The molecular formula is C23H26F2N2O4. The van der Waals surface area contributed by atoms with Crippen molar-refractivity contribution in [2.75, 3.05) is 13.2 Å². The smallest absolute Gasteiger partial charge is 0.251 e. The van der Waals surface area contributed by atoms with Gasteiger partial charge >= 0.3 is 0 Å². The highest BCUT2D eigenvalue weighted by Crippen LogP contribution is 2.21. The number of rotatable bonds is 12. The van der Waals surface area contributed by atoms with Crippen molar-refractivity contribution in [1.29, 1.82) is 0 Å². The number of carbonyl (C=O) groups is 3. The Labute approximate surface area is 184 Å². The van der Waals surface area contributed by atoms with Gasteiger partial charge in [-0.15, -0.1) is 0 Å². The molecule has 0 aliphatic rings. The second kappa shape index (κ2) is 11.9. The van der Waals surface area contributed by atoms with Gasteiger partial charge in [0, 0.05) is 16.1 Å². The number of unbranched alkanes of at least 4 members (excludes halogenated alkanes) is 1. The first kappa shape index (κ1) is 19.8. The topological polar surface area (TPSA) is 98.5 Å². The van der Waals surface area contributed by atoms with E-state index < -0.39 is 54.4 Å². The Hall–Kier alpha value is -3.13. The molecule has 0 spiro atoms. The summed E-state index contributed by atoms with van der Waals surface area (Å²) in [4.78, 5) is 37.2. The number of para-hydroxylation sites is 1. The van der Waals surface area contributed by atoms with Crippen LogP contribution < -0.4 is 15.8 Å². The molecule has 6 nitrogen and oxygen atoms in total. The normalized spacial score (nSPS) is 13.5.